The second-order valence-electron chi connectivity index (χ2n) is 13.8. The van der Waals surface area contributed by atoms with Gasteiger partial charge in [-0.1, -0.05) is 91.0 Å². The highest BCUT2D eigenvalue weighted by Crippen LogP contribution is 2.44. The van der Waals surface area contributed by atoms with Crippen molar-refractivity contribution < 1.29 is 8.81 Å². The number of rotatable bonds is 13. The summed E-state index contributed by atoms with van der Waals surface area (Å²) in [5.41, 5.74) is 6.91. The Morgan fingerprint density at radius 2 is 1.38 bits per heavy atom. The van der Waals surface area contributed by atoms with E-state index in [2.05, 4.69) is 122 Å². The van der Waals surface area contributed by atoms with Crippen molar-refractivity contribution in [2.75, 3.05) is 24.7 Å². The molecule has 1 aliphatic rings. The van der Waals surface area contributed by atoms with E-state index >= 15 is 0 Å². The normalized spacial score (nSPS) is 18.3. The van der Waals surface area contributed by atoms with Crippen LogP contribution in [-0.4, -0.2) is 30.0 Å². The van der Waals surface area contributed by atoms with E-state index in [0.29, 0.717) is 18.3 Å². The van der Waals surface area contributed by atoms with E-state index in [4.69, 9.17) is 9.40 Å². The Balaban J connectivity index is 1.28. The van der Waals surface area contributed by atoms with Crippen LogP contribution < -0.4 is 10.6 Å². The first kappa shape index (κ1) is 33.5. The molecule has 5 nitrogen and oxygen atoms in total. The molecule has 48 heavy (non-hydrogen) atoms. The molecule has 0 spiro atoms. The molecule has 3 atom stereocenters. The number of halogens is 1. The van der Waals surface area contributed by atoms with Crippen LogP contribution in [-0.2, 0) is 12.8 Å². The van der Waals surface area contributed by atoms with Gasteiger partial charge in [0.1, 0.15) is 17.6 Å². The van der Waals surface area contributed by atoms with Crippen molar-refractivity contribution in [1.29, 1.82) is 0 Å². The van der Waals surface area contributed by atoms with E-state index in [1.165, 1.54) is 22.3 Å². The quantitative estimate of drug-likeness (QED) is 0.134. The number of oxazole rings is 1. The van der Waals surface area contributed by atoms with Gasteiger partial charge in [0.15, 0.2) is 0 Å². The molecule has 250 valence electrons. The van der Waals surface area contributed by atoms with Crippen LogP contribution in [0.1, 0.15) is 78.5 Å². The van der Waals surface area contributed by atoms with E-state index < -0.39 is 0 Å². The lowest BCUT2D eigenvalue weighted by Crippen LogP contribution is -2.33. The largest absolute Gasteiger partial charge is 0.423 e. The number of hydrogen-bond acceptors (Lipinski definition) is 5. The van der Waals surface area contributed by atoms with Gasteiger partial charge in [-0.25, -0.2) is 9.37 Å². The highest BCUT2D eigenvalue weighted by molar-refractivity contribution is 5.52. The molecule has 1 aliphatic carbocycles. The zero-order chi connectivity index (χ0) is 33.5. The first-order chi connectivity index (χ1) is 23.3. The fourth-order valence-electron chi connectivity index (χ4n) is 7.50. The van der Waals surface area contributed by atoms with Crippen LogP contribution in [0.4, 0.5) is 16.0 Å². The molecule has 6 rings (SSSR count). The summed E-state index contributed by atoms with van der Waals surface area (Å²) in [6.07, 6.45) is 5.82. The third kappa shape index (κ3) is 8.35. The maximum atomic E-state index is 13.8. The van der Waals surface area contributed by atoms with Crippen LogP contribution in [0.3, 0.4) is 0 Å². The number of aryl methyl sites for hydroxylation is 1. The Kier molecular flexibility index (Phi) is 10.9. The topological polar surface area (TPSA) is 53.3 Å². The van der Waals surface area contributed by atoms with Gasteiger partial charge in [-0.2, -0.15) is 0 Å². The minimum atomic E-state index is -0.189. The number of hydrogen-bond donors (Lipinski definition) is 2. The van der Waals surface area contributed by atoms with Gasteiger partial charge < -0.3 is 20.0 Å². The molecule has 1 aromatic heterocycles. The molecular weight excluding hydrogens is 595 g/mol. The summed E-state index contributed by atoms with van der Waals surface area (Å²) < 4.78 is 20.6. The molecule has 1 heterocycles. The molecule has 0 bridgehead atoms. The van der Waals surface area contributed by atoms with Gasteiger partial charge in [0.05, 0.1) is 0 Å². The van der Waals surface area contributed by atoms with Crippen molar-refractivity contribution in [1.82, 2.24) is 9.88 Å². The number of nitrogens with zero attached hydrogens (tertiary/aromatic N) is 2. The highest BCUT2D eigenvalue weighted by atomic mass is 19.1. The monoisotopic (exact) mass is 644 g/mol. The maximum Gasteiger partial charge on any atom is 0.219 e. The van der Waals surface area contributed by atoms with Gasteiger partial charge in [-0.05, 0) is 112 Å². The number of para-hydroxylation sites is 1. The van der Waals surface area contributed by atoms with Gasteiger partial charge in [-0.3, -0.25) is 0 Å². The molecule has 0 amide bonds. The van der Waals surface area contributed by atoms with Crippen molar-refractivity contribution in [3.05, 3.63) is 149 Å². The first-order valence-electron chi connectivity index (χ1n) is 17.4. The molecule has 5 aromatic rings. The Labute approximate surface area is 285 Å². The summed E-state index contributed by atoms with van der Waals surface area (Å²) in [5.74, 6) is 2.13. The number of anilines is 2. The highest BCUT2D eigenvalue weighted by Gasteiger charge is 2.36. The minimum Gasteiger partial charge on any atom is -0.423 e. The Hall–Kier alpha value is -4.42. The number of benzene rings is 4. The summed E-state index contributed by atoms with van der Waals surface area (Å²) >= 11 is 0. The Bertz CT molecular complexity index is 1710. The van der Waals surface area contributed by atoms with Crippen LogP contribution in [0.25, 0.3) is 0 Å². The lowest BCUT2D eigenvalue weighted by molar-refractivity contribution is 0.139. The first-order valence-corrected chi connectivity index (χ1v) is 17.4. The third-order valence-corrected chi connectivity index (χ3v) is 9.91. The van der Waals surface area contributed by atoms with Gasteiger partial charge in [-0.15, -0.1) is 0 Å². The van der Waals surface area contributed by atoms with E-state index in [-0.39, 0.29) is 23.9 Å². The third-order valence-electron chi connectivity index (χ3n) is 9.91. The zero-order valence-corrected chi connectivity index (χ0v) is 28.7. The zero-order valence-electron chi connectivity index (χ0n) is 28.7. The van der Waals surface area contributed by atoms with Crippen LogP contribution >= 0.6 is 0 Å². The maximum absolute atomic E-state index is 13.8. The fraction of sp³-hybridized carbons (Fsp3) is 0.357. The molecule has 0 saturated heterocycles. The smallest absolute Gasteiger partial charge is 0.219 e. The fourth-order valence-corrected chi connectivity index (χ4v) is 7.50. The summed E-state index contributed by atoms with van der Waals surface area (Å²) in [5, 5.41) is 7.60. The van der Waals surface area contributed by atoms with Crippen LogP contribution in [0.5, 0.6) is 0 Å². The van der Waals surface area contributed by atoms with Gasteiger partial charge in [0, 0.05) is 24.2 Å². The van der Waals surface area contributed by atoms with E-state index in [1.807, 2.05) is 18.2 Å². The average Bonchev–Trinajstić information content (AvgIpc) is 3.47. The molecule has 0 radical (unpaired) electrons. The summed E-state index contributed by atoms with van der Waals surface area (Å²) in [6, 6.07) is 36.9. The molecule has 0 aliphatic heterocycles. The van der Waals surface area contributed by atoms with Crippen LogP contribution in [0, 0.1) is 24.6 Å². The average molecular weight is 645 g/mol. The predicted molar refractivity (Wildman–Crippen MR) is 195 cm³/mol. The molecular formula is C42H49FN4O. The molecule has 6 heteroatoms. The second-order valence-corrected chi connectivity index (χ2v) is 13.8. The number of nitrogens with one attached hydrogen (secondary N) is 2. The molecule has 2 N–H and O–H groups in total. The molecule has 1 saturated carbocycles. The minimum absolute atomic E-state index is 0.0785. The van der Waals surface area contributed by atoms with Crippen molar-refractivity contribution in [3.63, 3.8) is 0 Å². The molecule has 3 unspecified atom stereocenters. The van der Waals surface area contributed by atoms with Crippen molar-refractivity contribution >= 4 is 11.6 Å². The Morgan fingerprint density at radius 1 is 0.771 bits per heavy atom. The Morgan fingerprint density at radius 3 is 2.02 bits per heavy atom. The van der Waals surface area contributed by atoms with E-state index in [9.17, 15) is 4.39 Å². The van der Waals surface area contributed by atoms with Gasteiger partial charge >= 0.3 is 0 Å². The standard InChI is InChI=1S/C42H49FN4O/c1-29-13-11-12-18-37(29)45-39(33-19-21-34(22-20-33)40(47(3)4)35-23-25-36(43)26-24-35)42-46-38(28-32-16-9-6-10-17-32)41(48-42)44-30(2)27-31-14-7-5-8-15-31/h5-18,23-26,30,33-34,39-40,44-45H,19-22,27-28H2,1-4H3. The summed E-state index contributed by atoms with van der Waals surface area (Å²) in [7, 11) is 4.27. The van der Waals surface area contributed by atoms with E-state index in [0.717, 1.165) is 55.3 Å². The van der Waals surface area contributed by atoms with E-state index in [1.54, 1.807) is 12.1 Å². The predicted octanol–water partition coefficient (Wildman–Crippen LogP) is 10.0. The number of aromatic nitrogens is 1. The lowest BCUT2D eigenvalue weighted by Gasteiger charge is -2.39. The van der Waals surface area contributed by atoms with Gasteiger partial charge in [0.2, 0.25) is 11.8 Å². The second kappa shape index (κ2) is 15.7. The molecule has 4 aromatic carbocycles. The molecule has 1 fully saturated rings. The summed E-state index contributed by atoms with van der Waals surface area (Å²) in [4.78, 5) is 7.56. The van der Waals surface area contributed by atoms with Crippen molar-refractivity contribution in [3.8, 4) is 0 Å². The van der Waals surface area contributed by atoms with Crippen LogP contribution in [0.15, 0.2) is 114 Å². The summed E-state index contributed by atoms with van der Waals surface area (Å²) in [6.45, 7) is 4.35. The van der Waals surface area contributed by atoms with Crippen molar-refractivity contribution in [2.24, 2.45) is 11.8 Å². The van der Waals surface area contributed by atoms with Crippen LogP contribution in [0.2, 0.25) is 0 Å². The van der Waals surface area contributed by atoms with Gasteiger partial charge in [0.25, 0.3) is 0 Å². The lowest BCUT2D eigenvalue weighted by atomic mass is 9.74. The van der Waals surface area contributed by atoms with Crippen molar-refractivity contribution in [2.45, 2.75) is 70.5 Å². The SMILES string of the molecule is Cc1ccccc1NC(c1nc(Cc2ccccc2)c(NC(C)Cc2ccccc2)o1)C1CCC(C(c2ccc(F)cc2)N(C)C)CC1.